The molecule has 1 aliphatic carbocycles. The minimum Gasteiger partial charge on any atom is -0.507 e. The van der Waals surface area contributed by atoms with Crippen molar-refractivity contribution in [2.75, 3.05) is 14.2 Å². The number of esters is 2. The van der Waals surface area contributed by atoms with Crippen molar-refractivity contribution in [3.05, 3.63) is 29.3 Å². The molecule has 1 aliphatic rings. The molecule has 130 valence electrons. The van der Waals surface area contributed by atoms with Crippen molar-refractivity contribution in [2.45, 2.75) is 31.7 Å². The largest absolute Gasteiger partial charge is 0.507 e. The van der Waals surface area contributed by atoms with Gasteiger partial charge in [0.2, 0.25) is 0 Å². The lowest BCUT2D eigenvalue weighted by Gasteiger charge is -2.28. The van der Waals surface area contributed by atoms with Crippen LogP contribution in [0.15, 0.2) is 18.2 Å². The first kappa shape index (κ1) is 17.8. The first-order valence-electron chi connectivity index (χ1n) is 7.76. The Morgan fingerprint density at radius 2 is 1.92 bits per heavy atom. The van der Waals surface area contributed by atoms with Crippen molar-refractivity contribution in [3.63, 3.8) is 0 Å². The van der Waals surface area contributed by atoms with Gasteiger partial charge >= 0.3 is 11.9 Å². The topological polar surface area (TPSA) is 102 Å². The number of hydrogen-bond donors (Lipinski definition) is 2. The van der Waals surface area contributed by atoms with Gasteiger partial charge in [0.15, 0.2) is 0 Å². The standard InChI is InChI=1S/C17H21NO6/c1-23-16(21)10-4-3-5-12(8-10)18-15(20)13-9-11(17(22)24-2)6-7-14(13)19/h6-7,9-10,12,19H,3-5,8H2,1-2H3,(H,18,20). The number of phenolic OH excluding ortho intramolecular Hbond substituents is 1. The summed E-state index contributed by atoms with van der Waals surface area (Å²) in [5.41, 5.74) is 0.176. The van der Waals surface area contributed by atoms with Gasteiger partial charge in [0, 0.05) is 6.04 Å². The number of nitrogens with one attached hydrogen (secondary N) is 1. The Bertz CT molecular complexity index is 642. The van der Waals surface area contributed by atoms with Gasteiger partial charge in [-0.25, -0.2) is 4.79 Å². The van der Waals surface area contributed by atoms with Crippen LogP contribution in [0.4, 0.5) is 0 Å². The van der Waals surface area contributed by atoms with Crippen LogP contribution in [0.2, 0.25) is 0 Å². The highest BCUT2D eigenvalue weighted by molar-refractivity contribution is 6.00. The Labute approximate surface area is 139 Å². The number of phenols is 1. The van der Waals surface area contributed by atoms with Crippen molar-refractivity contribution in [1.29, 1.82) is 0 Å². The van der Waals surface area contributed by atoms with E-state index in [9.17, 15) is 19.5 Å². The quantitative estimate of drug-likeness (QED) is 0.811. The molecule has 0 radical (unpaired) electrons. The molecular formula is C17H21NO6. The summed E-state index contributed by atoms with van der Waals surface area (Å²) >= 11 is 0. The molecule has 0 spiro atoms. The Morgan fingerprint density at radius 1 is 1.17 bits per heavy atom. The lowest BCUT2D eigenvalue weighted by atomic mass is 9.85. The SMILES string of the molecule is COC(=O)c1ccc(O)c(C(=O)NC2CCCC(C(=O)OC)C2)c1. The molecule has 1 aromatic carbocycles. The van der Waals surface area contributed by atoms with Gasteiger partial charge in [-0.1, -0.05) is 6.42 Å². The molecule has 24 heavy (non-hydrogen) atoms. The number of ether oxygens (including phenoxy) is 2. The maximum Gasteiger partial charge on any atom is 0.337 e. The Balaban J connectivity index is 2.09. The molecule has 7 nitrogen and oxygen atoms in total. The second kappa shape index (κ2) is 7.81. The van der Waals surface area contributed by atoms with Crippen LogP contribution in [-0.2, 0) is 14.3 Å². The first-order chi connectivity index (χ1) is 11.5. The number of benzene rings is 1. The number of carbonyl (C=O) groups excluding carboxylic acids is 3. The Kier molecular flexibility index (Phi) is 5.78. The van der Waals surface area contributed by atoms with Crippen molar-refractivity contribution >= 4 is 17.8 Å². The molecule has 0 saturated heterocycles. The molecule has 2 unspecified atom stereocenters. The molecule has 0 aromatic heterocycles. The summed E-state index contributed by atoms with van der Waals surface area (Å²) in [4.78, 5) is 35.6. The first-order valence-corrected chi connectivity index (χ1v) is 7.76. The zero-order valence-corrected chi connectivity index (χ0v) is 13.7. The van der Waals surface area contributed by atoms with Crippen LogP contribution in [0.5, 0.6) is 5.75 Å². The summed E-state index contributed by atoms with van der Waals surface area (Å²) in [7, 11) is 2.59. The van der Waals surface area contributed by atoms with Crippen LogP contribution in [0, 0.1) is 5.92 Å². The fourth-order valence-electron chi connectivity index (χ4n) is 2.93. The van der Waals surface area contributed by atoms with Crippen LogP contribution in [-0.4, -0.2) is 43.2 Å². The summed E-state index contributed by atoms with van der Waals surface area (Å²) in [5.74, 6) is -1.81. The summed E-state index contributed by atoms with van der Waals surface area (Å²) in [6.45, 7) is 0. The summed E-state index contributed by atoms with van der Waals surface area (Å²) in [5, 5.41) is 12.7. The van der Waals surface area contributed by atoms with E-state index in [0.717, 1.165) is 19.3 Å². The van der Waals surface area contributed by atoms with Gasteiger partial charge in [0.25, 0.3) is 5.91 Å². The lowest BCUT2D eigenvalue weighted by molar-refractivity contribution is -0.146. The number of aromatic hydroxyl groups is 1. The molecule has 2 N–H and O–H groups in total. The number of amides is 1. The maximum atomic E-state index is 12.4. The normalized spacial score (nSPS) is 20.1. The number of hydrogen-bond acceptors (Lipinski definition) is 6. The molecule has 1 amide bonds. The molecule has 2 atom stereocenters. The van der Waals surface area contributed by atoms with Crippen LogP contribution < -0.4 is 5.32 Å². The second-order valence-corrected chi connectivity index (χ2v) is 5.78. The maximum absolute atomic E-state index is 12.4. The van der Waals surface area contributed by atoms with Gasteiger partial charge in [-0.3, -0.25) is 9.59 Å². The van der Waals surface area contributed by atoms with Crippen molar-refractivity contribution < 1.29 is 29.0 Å². The molecule has 7 heteroatoms. The van der Waals surface area contributed by atoms with E-state index in [1.54, 1.807) is 0 Å². The Hall–Kier alpha value is -2.57. The second-order valence-electron chi connectivity index (χ2n) is 5.78. The van der Waals surface area contributed by atoms with Gasteiger partial charge in [-0.15, -0.1) is 0 Å². The fourth-order valence-corrected chi connectivity index (χ4v) is 2.93. The zero-order valence-electron chi connectivity index (χ0n) is 13.7. The molecule has 2 rings (SSSR count). The minimum atomic E-state index is -0.590. The predicted molar refractivity (Wildman–Crippen MR) is 84.7 cm³/mol. The van der Waals surface area contributed by atoms with E-state index in [4.69, 9.17) is 4.74 Å². The fraction of sp³-hybridized carbons (Fsp3) is 0.471. The van der Waals surface area contributed by atoms with Crippen molar-refractivity contribution in [1.82, 2.24) is 5.32 Å². The summed E-state index contributed by atoms with van der Waals surface area (Å²) < 4.78 is 9.37. The van der Waals surface area contributed by atoms with Gasteiger partial charge in [0.1, 0.15) is 5.75 Å². The van der Waals surface area contributed by atoms with Crippen molar-refractivity contribution in [2.24, 2.45) is 5.92 Å². The number of carbonyl (C=O) groups is 3. The van der Waals surface area contributed by atoms with Gasteiger partial charge in [-0.2, -0.15) is 0 Å². The third kappa shape index (κ3) is 4.04. The molecule has 1 aromatic rings. The third-order valence-electron chi connectivity index (χ3n) is 4.21. The minimum absolute atomic E-state index is 0.00177. The van der Waals surface area contributed by atoms with Gasteiger partial charge in [-0.05, 0) is 37.5 Å². The molecule has 1 fully saturated rings. The van der Waals surface area contributed by atoms with E-state index in [1.807, 2.05) is 0 Å². The van der Waals surface area contributed by atoms with Gasteiger partial charge in [0.05, 0.1) is 31.3 Å². The highest BCUT2D eigenvalue weighted by atomic mass is 16.5. The highest BCUT2D eigenvalue weighted by Gasteiger charge is 2.29. The average Bonchev–Trinajstić information content (AvgIpc) is 2.60. The van der Waals surface area contributed by atoms with E-state index >= 15 is 0 Å². The van der Waals surface area contributed by atoms with Gasteiger partial charge < -0.3 is 19.9 Å². The zero-order chi connectivity index (χ0) is 17.7. The predicted octanol–water partition coefficient (Wildman–Crippen LogP) is 1.64. The van der Waals surface area contributed by atoms with Crippen LogP contribution in [0.1, 0.15) is 46.4 Å². The molecule has 0 aliphatic heterocycles. The highest BCUT2D eigenvalue weighted by Crippen LogP contribution is 2.26. The van der Waals surface area contributed by atoms with E-state index in [1.165, 1.54) is 32.4 Å². The third-order valence-corrected chi connectivity index (χ3v) is 4.21. The van der Waals surface area contributed by atoms with Crippen molar-refractivity contribution in [3.8, 4) is 5.75 Å². The number of methoxy groups -OCH3 is 2. The molecule has 0 bridgehead atoms. The monoisotopic (exact) mass is 335 g/mol. The van der Waals surface area contributed by atoms with E-state index in [2.05, 4.69) is 10.1 Å². The smallest absolute Gasteiger partial charge is 0.337 e. The molecule has 0 heterocycles. The molecule has 1 saturated carbocycles. The summed E-state index contributed by atoms with van der Waals surface area (Å²) in [6, 6.07) is 3.76. The van der Waals surface area contributed by atoms with Crippen LogP contribution in [0.3, 0.4) is 0 Å². The number of rotatable bonds is 4. The molecular weight excluding hydrogens is 314 g/mol. The Morgan fingerprint density at radius 3 is 2.58 bits per heavy atom. The van der Waals surface area contributed by atoms with Crippen LogP contribution >= 0.6 is 0 Å². The average molecular weight is 335 g/mol. The van der Waals surface area contributed by atoms with E-state index < -0.39 is 11.9 Å². The van der Waals surface area contributed by atoms with Crippen LogP contribution in [0.25, 0.3) is 0 Å². The van der Waals surface area contributed by atoms with E-state index in [-0.39, 0.29) is 34.8 Å². The van der Waals surface area contributed by atoms with E-state index in [0.29, 0.717) is 6.42 Å². The lowest BCUT2D eigenvalue weighted by Crippen LogP contribution is -2.40. The summed E-state index contributed by atoms with van der Waals surface area (Å²) in [6.07, 6.45) is 2.79.